The fourth-order valence-corrected chi connectivity index (χ4v) is 1.57. The molecule has 0 aliphatic rings. The van der Waals surface area contributed by atoms with Gasteiger partial charge in [0.15, 0.2) is 5.13 Å². The average Bonchev–Trinajstić information content (AvgIpc) is 2.58. The molecule has 2 rings (SSSR count). The summed E-state index contributed by atoms with van der Waals surface area (Å²) >= 11 is 1.45. The van der Waals surface area contributed by atoms with Gasteiger partial charge in [-0.25, -0.2) is 19.4 Å². The van der Waals surface area contributed by atoms with Crippen LogP contribution in [0.25, 0.3) is 5.13 Å². The van der Waals surface area contributed by atoms with Crippen molar-refractivity contribution in [2.45, 2.75) is 6.92 Å². The number of aromatic amines is 1. The van der Waals surface area contributed by atoms with Crippen LogP contribution in [0.4, 0.5) is 0 Å². The van der Waals surface area contributed by atoms with Gasteiger partial charge in [-0.15, -0.1) is 11.3 Å². The van der Waals surface area contributed by atoms with Crippen molar-refractivity contribution < 1.29 is 0 Å². The summed E-state index contributed by atoms with van der Waals surface area (Å²) in [5, 5.41) is 6.54. The Bertz CT molecular complexity index is 440. The van der Waals surface area contributed by atoms with Crippen molar-refractivity contribution in [3.8, 4) is 5.13 Å². The van der Waals surface area contributed by atoms with E-state index >= 15 is 0 Å². The molecule has 0 saturated carbocycles. The second kappa shape index (κ2) is 2.56. The first-order chi connectivity index (χ1) is 5.77. The zero-order valence-corrected chi connectivity index (χ0v) is 7.13. The molecule has 0 aromatic carbocycles. The van der Waals surface area contributed by atoms with Gasteiger partial charge in [-0.2, -0.15) is 5.10 Å². The van der Waals surface area contributed by atoms with E-state index in [0.29, 0.717) is 5.13 Å². The Morgan fingerprint density at radius 2 is 2.50 bits per heavy atom. The van der Waals surface area contributed by atoms with Crippen molar-refractivity contribution in [3.05, 3.63) is 27.9 Å². The molecule has 5 nitrogen and oxygen atoms in total. The van der Waals surface area contributed by atoms with Crippen molar-refractivity contribution in [2.24, 2.45) is 0 Å². The number of aryl methyl sites for hydroxylation is 1. The largest absolute Gasteiger partial charge is 0.349 e. The Hall–Kier alpha value is -1.43. The van der Waals surface area contributed by atoms with Crippen molar-refractivity contribution in [3.63, 3.8) is 0 Å². The molecule has 0 atom stereocenters. The van der Waals surface area contributed by atoms with E-state index in [1.807, 2.05) is 6.92 Å². The Balaban J connectivity index is 2.58. The Morgan fingerprint density at radius 1 is 1.67 bits per heavy atom. The van der Waals surface area contributed by atoms with Crippen LogP contribution in [0.3, 0.4) is 0 Å². The van der Waals surface area contributed by atoms with Crippen molar-refractivity contribution in [2.75, 3.05) is 0 Å². The zero-order valence-electron chi connectivity index (χ0n) is 6.31. The van der Waals surface area contributed by atoms with Crippen molar-refractivity contribution in [1.29, 1.82) is 0 Å². The quantitative estimate of drug-likeness (QED) is 0.691. The van der Waals surface area contributed by atoms with Crippen LogP contribution >= 0.6 is 11.3 Å². The summed E-state index contributed by atoms with van der Waals surface area (Å²) in [6, 6.07) is 0. The molecule has 2 aromatic heterocycles. The lowest BCUT2D eigenvalue weighted by Crippen LogP contribution is -2.13. The van der Waals surface area contributed by atoms with E-state index in [9.17, 15) is 4.79 Å². The zero-order chi connectivity index (χ0) is 8.55. The molecule has 0 saturated heterocycles. The molecule has 0 radical (unpaired) electrons. The fraction of sp³-hybridized carbons (Fsp3) is 0.167. The Kier molecular flexibility index (Phi) is 1.54. The molecule has 6 heteroatoms. The molecule has 0 fully saturated rings. The molecule has 0 aliphatic heterocycles. The number of hydrogen-bond donors (Lipinski definition) is 1. The maximum Gasteiger partial charge on any atom is 0.349 e. The third kappa shape index (κ3) is 1.06. The minimum Gasteiger partial charge on any atom is -0.246 e. The van der Waals surface area contributed by atoms with Crippen LogP contribution < -0.4 is 5.69 Å². The molecule has 2 heterocycles. The van der Waals surface area contributed by atoms with Crippen LogP contribution in [0.5, 0.6) is 0 Å². The molecular weight excluding hydrogens is 176 g/mol. The van der Waals surface area contributed by atoms with Crippen LogP contribution in [0.1, 0.15) is 4.88 Å². The molecular formula is C6H6N4OS. The van der Waals surface area contributed by atoms with Gasteiger partial charge < -0.3 is 0 Å². The topological polar surface area (TPSA) is 63.6 Å². The van der Waals surface area contributed by atoms with Gasteiger partial charge >= 0.3 is 5.69 Å². The van der Waals surface area contributed by atoms with Gasteiger partial charge in [0, 0.05) is 11.1 Å². The normalized spacial score (nSPS) is 10.4. The minimum atomic E-state index is -0.260. The predicted octanol–water partition coefficient (Wildman–Crippen LogP) is 0.326. The first kappa shape index (κ1) is 7.23. The smallest absolute Gasteiger partial charge is 0.246 e. The summed E-state index contributed by atoms with van der Waals surface area (Å²) in [5.41, 5.74) is -0.260. The molecule has 12 heavy (non-hydrogen) atoms. The van der Waals surface area contributed by atoms with Crippen LogP contribution in [0.15, 0.2) is 17.3 Å². The van der Waals surface area contributed by atoms with E-state index < -0.39 is 0 Å². The van der Waals surface area contributed by atoms with Gasteiger partial charge in [0.05, 0.1) is 0 Å². The second-order valence-electron chi connectivity index (χ2n) is 2.29. The third-order valence-electron chi connectivity index (χ3n) is 1.37. The van der Waals surface area contributed by atoms with Crippen LogP contribution in [0, 0.1) is 6.92 Å². The lowest BCUT2D eigenvalue weighted by molar-refractivity contribution is 0.967. The Morgan fingerprint density at radius 3 is 3.00 bits per heavy atom. The monoisotopic (exact) mass is 182 g/mol. The summed E-state index contributed by atoms with van der Waals surface area (Å²) in [5.74, 6) is 0. The lowest BCUT2D eigenvalue weighted by Gasteiger charge is -1.88. The highest BCUT2D eigenvalue weighted by Gasteiger charge is 2.03. The van der Waals surface area contributed by atoms with Gasteiger partial charge in [-0.05, 0) is 6.92 Å². The van der Waals surface area contributed by atoms with E-state index in [0.717, 1.165) is 4.88 Å². The molecule has 1 N–H and O–H groups in total. The number of aromatic nitrogens is 4. The van der Waals surface area contributed by atoms with E-state index in [-0.39, 0.29) is 5.69 Å². The lowest BCUT2D eigenvalue weighted by atomic mass is 10.7. The second-order valence-corrected chi connectivity index (χ2v) is 3.50. The SMILES string of the molecule is Cc1cnc(-n2cn[nH]c2=O)s1. The number of nitrogens with one attached hydrogen (secondary N) is 1. The molecule has 2 aromatic rings. The number of H-pyrrole nitrogens is 1. The van der Waals surface area contributed by atoms with E-state index in [4.69, 9.17) is 0 Å². The maximum absolute atomic E-state index is 11.0. The number of thiazole rings is 1. The third-order valence-corrected chi connectivity index (χ3v) is 2.28. The van der Waals surface area contributed by atoms with Gasteiger partial charge in [-0.1, -0.05) is 0 Å². The number of rotatable bonds is 1. The van der Waals surface area contributed by atoms with E-state index in [1.165, 1.54) is 22.2 Å². The predicted molar refractivity (Wildman–Crippen MR) is 44.6 cm³/mol. The van der Waals surface area contributed by atoms with E-state index in [2.05, 4.69) is 15.2 Å². The van der Waals surface area contributed by atoms with Gasteiger partial charge in [0.25, 0.3) is 0 Å². The van der Waals surface area contributed by atoms with Gasteiger partial charge in [0.2, 0.25) is 0 Å². The van der Waals surface area contributed by atoms with Crippen molar-refractivity contribution in [1.82, 2.24) is 19.7 Å². The Labute approximate surface area is 71.7 Å². The van der Waals surface area contributed by atoms with Crippen LogP contribution in [-0.2, 0) is 0 Å². The summed E-state index contributed by atoms with van der Waals surface area (Å²) < 4.78 is 1.37. The fourth-order valence-electron chi connectivity index (χ4n) is 0.839. The highest BCUT2D eigenvalue weighted by Crippen LogP contribution is 2.13. The first-order valence-electron chi connectivity index (χ1n) is 3.32. The van der Waals surface area contributed by atoms with Crippen LogP contribution in [-0.4, -0.2) is 19.7 Å². The summed E-state index contributed by atoms with van der Waals surface area (Å²) in [6.45, 7) is 1.94. The molecule has 0 spiro atoms. The highest BCUT2D eigenvalue weighted by atomic mass is 32.1. The first-order valence-corrected chi connectivity index (χ1v) is 4.14. The minimum absolute atomic E-state index is 0.260. The number of hydrogen-bond acceptors (Lipinski definition) is 4. The van der Waals surface area contributed by atoms with Crippen LogP contribution in [0.2, 0.25) is 0 Å². The highest BCUT2D eigenvalue weighted by molar-refractivity contribution is 7.13. The maximum atomic E-state index is 11.0. The molecule has 0 aliphatic carbocycles. The van der Waals surface area contributed by atoms with Crippen molar-refractivity contribution >= 4 is 11.3 Å². The molecule has 62 valence electrons. The standard InChI is InChI=1S/C6H6N4OS/c1-4-2-7-6(12-4)10-3-8-9-5(10)11/h2-3H,1H3,(H,9,11). The van der Waals surface area contributed by atoms with Gasteiger partial charge in [0.1, 0.15) is 6.33 Å². The van der Waals surface area contributed by atoms with E-state index in [1.54, 1.807) is 6.20 Å². The summed E-state index contributed by atoms with van der Waals surface area (Å²) in [7, 11) is 0. The molecule has 0 amide bonds. The number of nitrogens with zero attached hydrogens (tertiary/aromatic N) is 3. The molecule has 0 bridgehead atoms. The summed E-state index contributed by atoms with van der Waals surface area (Å²) in [4.78, 5) is 16.1. The van der Waals surface area contributed by atoms with Gasteiger partial charge in [-0.3, -0.25) is 0 Å². The summed E-state index contributed by atoms with van der Waals surface area (Å²) in [6.07, 6.45) is 3.14. The molecule has 0 unspecified atom stereocenters. The average molecular weight is 182 g/mol.